The summed E-state index contributed by atoms with van der Waals surface area (Å²) < 4.78 is 6.01. The molecule has 4 nitrogen and oxygen atoms in total. The lowest BCUT2D eigenvalue weighted by molar-refractivity contribution is 0.0850. The van der Waals surface area contributed by atoms with Crippen molar-refractivity contribution in [3.8, 4) is 16.9 Å². The molecule has 1 aromatic heterocycles. The fourth-order valence-electron chi connectivity index (χ4n) is 3.01. The predicted molar refractivity (Wildman–Crippen MR) is 94.7 cm³/mol. The molecule has 25 heavy (non-hydrogen) atoms. The molecular weight excluding hydrogens is 312 g/mol. The van der Waals surface area contributed by atoms with Crippen molar-refractivity contribution in [1.29, 1.82) is 0 Å². The Morgan fingerprint density at radius 1 is 1.08 bits per heavy atom. The number of rotatable bonds is 2. The van der Waals surface area contributed by atoms with Crippen LogP contribution in [0.1, 0.15) is 28.4 Å². The molecule has 1 unspecified atom stereocenters. The van der Waals surface area contributed by atoms with Crippen LogP contribution in [0.15, 0.2) is 67.0 Å². The number of hydrogen-bond acceptors (Lipinski definition) is 3. The Labute approximate surface area is 145 Å². The summed E-state index contributed by atoms with van der Waals surface area (Å²) in [5.74, 6) is 0.647. The number of pyridine rings is 1. The first-order valence-corrected chi connectivity index (χ1v) is 7.96. The van der Waals surface area contributed by atoms with E-state index in [1.807, 2.05) is 48.5 Å². The van der Waals surface area contributed by atoms with Gasteiger partial charge in [0, 0.05) is 18.0 Å². The number of Topliss-reactive ketones (excluding diaryl/α,β-unsaturated/α-hetero) is 1. The van der Waals surface area contributed by atoms with E-state index in [0.29, 0.717) is 23.4 Å². The molecule has 0 spiro atoms. The Balaban J connectivity index is 1.69. The quantitative estimate of drug-likeness (QED) is 0.622. The van der Waals surface area contributed by atoms with Gasteiger partial charge in [-0.05, 0) is 35.4 Å². The third-order valence-electron chi connectivity index (χ3n) is 4.28. The summed E-state index contributed by atoms with van der Waals surface area (Å²) in [7, 11) is 0. The van der Waals surface area contributed by atoms with Crippen molar-refractivity contribution in [3.05, 3.63) is 89.5 Å². The van der Waals surface area contributed by atoms with E-state index in [0.717, 1.165) is 16.7 Å². The number of nitrogens with zero attached hydrogens (tertiary/aromatic N) is 2. The average molecular weight is 326 g/mol. The van der Waals surface area contributed by atoms with Crippen LogP contribution >= 0.6 is 0 Å². The minimum atomic E-state index is -0.301. The van der Waals surface area contributed by atoms with Gasteiger partial charge in [-0.1, -0.05) is 30.3 Å². The van der Waals surface area contributed by atoms with Crippen LogP contribution < -0.4 is 4.74 Å². The van der Waals surface area contributed by atoms with Gasteiger partial charge in [0.15, 0.2) is 11.5 Å². The number of hydrogen-bond donors (Lipinski definition) is 0. The molecule has 0 amide bonds. The standard InChI is InChI=1S/C21H14N2O2/c1-22-17-6-2-4-14(10-17)15-7-8-20-18(11-15)19(24)12-21(25-20)16-5-3-9-23-13-16/h2-11,13,21H,12H2. The van der Waals surface area contributed by atoms with Crippen LogP contribution in [0, 0.1) is 6.57 Å². The zero-order valence-corrected chi connectivity index (χ0v) is 13.3. The van der Waals surface area contributed by atoms with Gasteiger partial charge in [0.2, 0.25) is 0 Å². The zero-order chi connectivity index (χ0) is 17.2. The number of ether oxygens (including phenoxy) is 1. The molecule has 4 rings (SSSR count). The van der Waals surface area contributed by atoms with E-state index in [1.54, 1.807) is 18.5 Å². The predicted octanol–water partition coefficient (Wildman–Crippen LogP) is 5.01. The van der Waals surface area contributed by atoms with E-state index in [4.69, 9.17) is 11.3 Å². The smallest absolute Gasteiger partial charge is 0.187 e. The van der Waals surface area contributed by atoms with Crippen molar-refractivity contribution < 1.29 is 9.53 Å². The number of aromatic nitrogens is 1. The molecule has 0 bridgehead atoms. The average Bonchev–Trinajstić information content (AvgIpc) is 2.68. The van der Waals surface area contributed by atoms with Crippen LogP contribution in [-0.4, -0.2) is 10.8 Å². The van der Waals surface area contributed by atoms with E-state index in [1.165, 1.54) is 0 Å². The lowest BCUT2D eigenvalue weighted by Gasteiger charge is -2.25. The number of fused-ring (bicyclic) bond motifs is 1. The molecule has 0 saturated carbocycles. The molecule has 1 atom stereocenters. The number of ketones is 1. The lowest BCUT2D eigenvalue weighted by Crippen LogP contribution is -2.20. The van der Waals surface area contributed by atoms with Crippen molar-refractivity contribution in [3.63, 3.8) is 0 Å². The molecule has 0 fully saturated rings. The van der Waals surface area contributed by atoms with Crippen molar-refractivity contribution >= 4 is 11.5 Å². The van der Waals surface area contributed by atoms with Crippen molar-refractivity contribution in [1.82, 2.24) is 4.98 Å². The van der Waals surface area contributed by atoms with Gasteiger partial charge in [0.05, 0.1) is 18.6 Å². The Bertz CT molecular complexity index is 990. The first kappa shape index (κ1) is 15.1. The number of benzene rings is 2. The summed E-state index contributed by atoms with van der Waals surface area (Å²) in [5, 5.41) is 0. The first-order chi connectivity index (χ1) is 12.2. The highest BCUT2D eigenvalue weighted by Gasteiger charge is 2.28. The molecule has 0 aliphatic carbocycles. The molecule has 0 saturated heterocycles. The summed E-state index contributed by atoms with van der Waals surface area (Å²) in [6, 6.07) is 16.7. The lowest BCUT2D eigenvalue weighted by atomic mass is 9.94. The zero-order valence-electron chi connectivity index (χ0n) is 13.3. The van der Waals surface area contributed by atoms with Crippen LogP contribution in [0.3, 0.4) is 0 Å². The SMILES string of the molecule is [C-]#[N+]c1cccc(-c2ccc3c(c2)C(=O)CC(c2cccnc2)O3)c1. The Kier molecular flexibility index (Phi) is 3.75. The fourth-order valence-corrected chi connectivity index (χ4v) is 3.01. The van der Waals surface area contributed by atoms with E-state index in [2.05, 4.69) is 9.83 Å². The Morgan fingerprint density at radius 3 is 2.76 bits per heavy atom. The normalized spacial score (nSPS) is 15.8. The second kappa shape index (κ2) is 6.21. The maximum absolute atomic E-state index is 12.6. The van der Waals surface area contributed by atoms with E-state index in [9.17, 15) is 4.79 Å². The van der Waals surface area contributed by atoms with E-state index < -0.39 is 0 Å². The second-order valence-corrected chi connectivity index (χ2v) is 5.89. The minimum absolute atomic E-state index is 0.0540. The van der Waals surface area contributed by atoms with E-state index in [-0.39, 0.29) is 11.9 Å². The summed E-state index contributed by atoms with van der Waals surface area (Å²) in [6.45, 7) is 7.14. The minimum Gasteiger partial charge on any atom is -0.484 e. The Morgan fingerprint density at radius 2 is 1.96 bits per heavy atom. The molecule has 2 heterocycles. The van der Waals surface area contributed by atoms with Crippen LogP contribution in [0.2, 0.25) is 0 Å². The van der Waals surface area contributed by atoms with Gasteiger partial charge in [0.25, 0.3) is 0 Å². The van der Waals surface area contributed by atoms with Gasteiger partial charge in [-0.15, -0.1) is 0 Å². The van der Waals surface area contributed by atoms with Gasteiger partial charge in [0.1, 0.15) is 11.9 Å². The second-order valence-electron chi connectivity index (χ2n) is 5.89. The van der Waals surface area contributed by atoms with Gasteiger partial charge < -0.3 is 4.74 Å². The largest absolute Gasteiger partial charge is 0.484 e. The van der Waals surface area contributed by atoms with Gasteiger partial charge in [-0.25, -0.2) is 4.85 Å². The highest BCUT2D eigenvalue weighted by molar-refractivity contribution is 6.01. The van der Waals surface area contributed by atoms with E-state index >= 15 is 0 Å². The van der Waals surface area contributed by atoms with Crippen LogP contribution in [0.25, 0.3) is 16.0 Å². The molecule has 0 radical (unpaired) electrons. The first-order valence-electron chi connectivity index (χ1n) is 7.96. The molecule has 1 aliphatic rings. The molecule has 120 valence electrons. The molecule has 4 heteroatoms. The third-order valence-corrected chi connectivity index (χ3v) is 4.28. The topological polar surface area (TPSA) is 43.5 Å². The van der Waals surface area contributed by atoms with Crippen molar-refractivity contribution in [2.24, 2.45) is 0 Å². The third kappa shape index (κ3) is 2.88. The van der Waals surface area contributed by atoms with Gasteiger partial charge in [-0.3, -0.25) is 9.78 Å². The molecule has 1 aliphatic heterocycles. The van der Waals surface area contributed by atoms with Crippen molar-refractivity contribution in [2.45, 2.75) is 12.5 Å². The molecule has 3 aromatic rings. The summed E-state index contributed by atoms with van der Waals surface area (Å²) in [5.41, 5.74) is 3.88. The Hall–Kier alpha value is -3.45. The fraction of sp³-hybridized carbons (Fsp3) is 0.0952. The van der Waals surface area contributed by atoms with Crippen LogP contribution in [-0.2, 0) is 0 Å². The van der Waals surface area contributed by atoms with Gasteiger partial charge >= 0.3 is 0 Å². The van der Waals surface area contributed by atoms with Crippen LogP contribution in [0.4, 0.5) is 5.69 Å². The maximum Gasteiger partial charge on any atom is 0.187 e. The molecule has 2 aromatic carbocycles. The number of carbonyl (C=O) groups is 1. The highest BCUT2D eigenvalue weighted by atomic mass is 16.5. The molecular formula is C21H14N2O2. The van der Waals surface area contributed by atoms with Gasteiger partial charge in [-0.2, -0.15) is 0 Å². The summed E-state index contributed by atoms with van der Waals surface area (Å²) >= 11 is 0. The highest BCUT2D eigenvalue weighted by Crippen LogP contribution is 2.37. The maximum atomic E-state index is 12.6. The monoisotopic (exact) mass is 326 g/mol. The molecule has 0 N–H and O–H groups in total. The van der Waals surface area contributed by atoms with Crippen LogP contribution in [0.5, 0.6) is 5.75 Å². The van der Waals surface area contributed by atoms with Crippen molar-refractivity contribution in [2.75, 3.05) is 0 Å². The number of carbonyl (C=O) groups excluding carboxylic acids is 1. The summed E-state index contributed by atoms with van der Waals surface area (Å²) in [4.78, 5) is 20.2. The summed E-state index contributed by atoms with van der Waals surface area (Å²) in [6.07, 6.45) is 3.42.